The maximum absolute atomic E-state index is 10.7. The fraction of sp³-hybridized carbons (Fsp3) is 0. The SMILES string of the molecule is O=[N+]([O-])c1ccc2nc(N=Cc3ccc(O)cc3)sc2c1. The molecular weight excluding hydrogens is 290 g/mol. The van der Waals surface area contributed by atoms with Gasteiger partial charge in [-0.25, -0.2) is 9.98 Å². The van der Waals surface area contributed by atoms with E-state index in [0.29, 0.717) is 10.6 Å². The van der Waals surface area contributed by atoms with Crippen LogP contribution in [0.3, 0.4) is 0 Å². The fourth-order valence-electron chi connectivity index (χ4n) is 1.76. The topological polar surface area (TPSA) is 88.6 Å². The van der Waals surface area contributed by atoms with Gasteiger partial charge in [0.25, 0.3) is 5.69 Å². The van der Waals surface area contributed by atoms with Crippen molar-refractivity contribution in [3.8, 4) is 5.75 Å². The third-order valence-electron chi connectivity index (χ3n) is 2.79. The minimum absolute atomic E-state index is 0.0419. The summed E-state index contributed by atoms with van der Waals surface area (Å²) in [5.41, 5.74) is 1.56. The molecule has 1 aromatic heterocycles. The van der Waals surface area contributed by atoms with Gasteiger partial charge in [-0.05, 0) is 35.9 Å². The zero-order valence-corrected chi connectivity index (χ0v) is 11.4. The first-order valence-corrected chi connectivity index (χ1v) is 6.81. The van der Waals surface area contributed by atoms with Crippen LogP contribution < -0.4 is 0 Å². The first-order chi connectivity index (χ1) is 10.1. The van der Waals surface area contributed by atoms with Gasteiger partial charge in [-0.2, -0.15) is 0 Å². The van der Waals surface area contributed by atoms with E-state index in [4.69, 9.17) is 0 Å². The summed E-state index contributed by atoms with van der Waals surface area (Å²) in [6.45, 7) is 0. The molecule has 0 unspecified atom stereocenters. The molecular formula is C14H9N3O3S. The van der Waals surface area contributed by atoms with Gasteiger partial charge in [0.1, 0.15) is 5.75 Å². The highest BCUT2D eigenvalue weighted by molar-refractivity contribution is 7.22. The van der Waals surface area contributed by atoms with E-state index in [2.05, 4.69) is 9.98 Å². The predicted molar refractivity (Wildman–Crippen MR) is 81.6 cm³/mol. The van der Waals surface area contributed by atoms with Gasteiger partial charge in [0, 0.05) is 18.3 Å². The average molecular weight is 299 g/mol. The molecule has 0 saturated heterocycles. The van der Waals surface area contributed by atoms with Crippen molar-refractivity contribution in [3.05, 3.63) is 58.1 Å². The van der Waals surface area contributed by atoms with Crippen LogP contribution in [-0.4, -0.2) is 21.2 Å². The Morgan fingerprint density at radius 2 is 2.00 bits per heavy atom. The molecule has 6 nitrogen and oxygen atoms in total. The highest BCUT2D eigenvalue weighted by Crippen LogP contribution is 2.30. The summed E-state index contributed by atoms with van der Waals surface area (Å²) >= 11 is 1.29. The standard InChI is InChI=1S/C14H9N3O3S/c18-11-4-1-9(2-5-11)8-15-14-16-12-6-3-10(17(19)20)7-13(12)21-14/h1-8,18H. The second kappa shape index (κ2) is 5.29. The molecule has 1 N–H and O–H groups in total. The van der Waals surface area contributed by atoms with Crippen LogP contribution >= 0.6 is 11.3 Å². The van der Waals surface area contributed by atoms with E-state index in [1.165, 1.54) is 23.5 Å². The summed E-state index contributed by atoms with van der Waals surface area (Å²) in [6, 6.07) is 11.1. The molecule has 0 atom stereocenters. The van der Waals surface area contributed by atoms with Crippen molar-refractivity contribution in [1.82, 2.24) is 4.98 Å². The van der Waals surface area contributed by atoms with E-state index in [1.54, 1.807) is 36.5 Å². The molecule has 0 bridgehead atoms. The summed E-state index contributed by atoms with van der Waals surface area (Å²) in [6.07, 6.45) is 1.63. The van der Waals surface area contributed by atoms with Crippen LogP contribution in [0.1, 0.15) is 5.56 Å². The van der Waals surface area contributed by atoms with Crippen molar-refractivity contribution in [3.63, 3.8) is 0 Å². The number of thiazole rings is 1. The second-order valence-corrected chi connectivity index (χ2v) is 5.26. The molecule has 3 rings (SSSR count). The Bertz CT molecular complexity index is 840. The Morgan fingerprint density at radius 3 is 2.71 bits per heavy atom. The first-order valence-electron chi connectivity index (χ1n) is 6.00. The number of phenols is 1. The van der Waals surface area contributed by atoms with Gasteiger partial charge in [0.2, 0.25) is 5.13 Å². The minimum atomic E-state index is -0.432. The number of aromatic nitrogens is 1. The summed E-state index contributed by atoms with van der Waals surface area (Å²) < 4.78 is 0.724. The Morgan fingerprint density at radius 1 is 1.24 bits per heavy atom. The molecule has 0 amide bonds. The molecule has 2 aromatic carbocycles. The van der Waals surface area contributed by atoms with Crippen molar-refractivity contribution in [2.45, 2.75) is 0 Å². The van der Waals surface area contributed by atoms with Crippen molar-refractivity contribution in [1.29, 1.82) is 0 Å². The average Bonchev–Trinajstić information content (AvgIpc) is 2.88. The van der Waals surface area contributed by atoms with Crippen LogP contribution in [0.2, 0.25) is 0 Å². The molecule has 0 radical (unpaired) electrons. The maximum atomic E-state index is 10.7. The number of nitro groups is 1. The number of non-ortho nitro benzene ring substituents is 1. The number of phenolic OH excluding ortho intramolecular Hbond substituents is 1. The first kappa shape index (κ1) is 13.2. The molecule has 104 valence electrons. The number of benzene rings is 2. The van der Waals surface area contributed by atoms with Crippen molar-refractivity contribution < 1.29 is 10.0 Å². The number of hydrogen-bond donors (Lipinski definition) is 1. The van der Waals surface area contributed by atoms with Crippen LogP contribution in [0.4, 0.5) is 10.8 Å². The number of hydrogen-bond acceptors (Lipinski definition) is 6. The third kappa shape index (κ3) is 2.87. The number of aromatic hydroxyl groups is 1. The lowest BCUT2D eigenvalue weighted by molar-refractivity contribution is -0.384. The number of nitrogens with zero attached hydrogens (tertiary/aromatic N) is 3. The number of aliphatic imine (C=N–C) groups is 1. The smallest absolute Gasteiger partial charge is 0.270 e. The number of nitro benzene ring substituents is 1. The van der Waals surface area contributed by atoms with Crippen molar-refractivity contribution >= 4 is 38.6 Å². The molecule has 0 fully saturated rings. The number of rotatable bonds is 3. The van der Waals surface area contributed by atoms with Crippen LogP contribution in [0.25, 0.3) is 10.2 Å². The monoisotopic (exact) mass is 299 g/mol. The van der Waals surface area contributed by atoms with E-state index < -0.39 is 4.92 Å². The molecule has 7 heteroatoms. The molecule has 0 aliphatic rings. The third-order valence-corrected chi connectivity index (χ3v) is 3.71. The van der Waals surface area contributed by atoms with Gasteiger partial charge in [-0.1, -0.05) is 11.3 Å². The van der Waals surface area contributed by atoms with Crippen LogP contribution in [0.5, 0.6) is 5.75 Å². The Kier molecular flexibility index (Phi) is 3.33. The molecule has 0 saturated carbocycles. The zero-order chi connectivity index (χ0) is 14.8. The lowest BCUT2D eigenvalue weighted by Crippen LogP contribution is -1.85. The molecule has 0 spiro atoms. The maximum Gasteiger partial charge on any atom is 0.270 e. The van der Waals surface area contributed by atoms with E-state index in [1.807, 2.05) is 0 Å². The molecule has 3 aromatic rings. The van der Waals surface area contributed by atoms with Crippen LogP contribution in [0.15, 0.2) is 47.5 Å². The van der Waals surface area contributed by atoms with Gasteiger partial charge >= 0.3 is 0 Å². The minimum Gasteiger partial charge on any atom is -0.508 e. The van der Waals surface area contributed by atoms with Gasteiger partial charge in [0.05, 0.1) is 15.1 Å². The van der Waals surface area contributed by atoms with Crippen LogP contribution in [0, 0.1) is 10.1 Å². The van der Waals surface area contributed by atoms with Gasteiger partial charge in [0.15, 0.2) is 0 Å². The van der Waals surface area contributed by atoms with E-state index in [9.17, 15) is 15.2 Å². The molecule has 0 aliphatic heterocycles. The lowest BCUT2D eigenvalue weighted by atomic mass is 10.2. The zero-order valence-electron chi connectivity index (χ0n) is 10.6. The summed E-state index contributed by atoms with van der Waals surface area (Å²) in [7, 11) is 0. The van der Waals surface area contributed by atoms with Crippen molar-refractivity contribution in [2.75, 3.05) is 0 Å². The largest absolute Gasteiger partial charge is 0.508 e. The van der Waals surface area contributed by atoms with E-state index >= 15 is 0 Å². The van der Waals surface area contributed by atoms with E-state index in [-0.39, 0.29) is 11.4 Å². The van der Waals surface area contributed by atoms with Gasteiger partial charge in [-0.15, -0.1) is 0 Å². The lowest BCUT2D eigenvalue weighted by Gasteiger charge is -1.92. The molecule has 21 heavy (non-hydrogen) atoms. The summed E-state index contributed by atoms with van der Waals surface area (Å²) in [4.78, 5) is 18.8. The van der Waals surface area contributed by atoms with Gasteiger partial charge in [-0.3, -0.25) is 10.1 Å². The van der Waals surface area contributed by atoms with E-state index in [0.717, 1.165) is 10.3 Å². The molecule has 0 aliphatic carbocycles. The Labute approximate surface area is 123 Å². The molecule has 1 heterocycles. The Hall–Kier alpha value is -2.80. The summed E-state index contributed by atoms with van der Waals surface area (Å²) in [5, 5.41) is 20.5. The highest BCUT2D eigenvalue weighted by Gasteiger charge is 2.09. The fourth-order valence-corrected chi connectivity index (χ4v) is 2.60. The van der Waals surface area contributed by atoms with Gasteiger partial charge < -0.3 is 5.11 Å². The predicted octanol–water partition coefficient (Wildman–Crippen LogP) is 3.66. The number of fused-ring (bicyclic) bond motifs is 1. The second-order valence-electron chi connectivity index (χ2n) is 4.26. The Balaban J connectivity index is 1.90. The van der Waals surface area contributed by atoms with Crippen LogP contribution in [-0.2, 0) is 0 Å². The highest BCUT2D eigenvalue weighted by atomic mass is 32.1. The normalized spacial score (nSPS) is 11.2. The summed E-state index contributed by atoms with van der Waals surface area (Å²) in [5.74, 6) is 0.194. The van der Waals surface area contributed by atoms with Crippen molar-refractivity contribution in [2.24, 2.45) is 4.99 Å². The quantitative estimate of drug-likeness (QED) is 0.454.